The van der Waals surface area contributed by atoms with Crippen molar-refractivity contribution in [1.29, 1.82) is 0 Å². The summed E-state index contributed by atoms with van der Waals surface area (Å²) in [6.07, 6.45) is 2.74. The number of imidazole rings is 1. The zero-order valence-electron chi connectivity index (χ0n) is 14.2. The maximum Gasteiger partial charge on any atom is 0.258 e. The van der Waals surface area contributed by atoms with Crippen molar-refractivity contribution in [2.75, 3.05) is 0 Å². The van der Waals surface area contributed by atoms with Gasteiger partial charge in [0.25, 0.3) is 5.56 Å². The van der Waals surface area contributed by atoms with E-state index >= 15 is 0 Å². The van der Waals surface area contributed by atoms with Crippen LogP contribution in [0.2, 0.25) is 5.02 Å². The molecule has 0 spiro atoms. The van der Waals surface area contributed by atoms with Gasteiger partial charge in [0.1, 0.15) is 5.65 Å². The molecule has 0 aliphatic rings. The van der Waals surface area contributed by atoms with Crippen LogP contribution in [0.15, 0.2) is 58.6 Å². The van der Waals surface area contributed by atoms with Crippen LogP contribution in [0.4, 0.5) is 0 Å². The highest BCUT2D eigenvalue weighted by Gasteiger charge is 2.12. The van der Waals surface area contributed by atoms with Crippen LogP contribution in [-0.4, -0.2) is 18.9 Å². The van der Waals surface area contributed by atoms with Crippen LogP contribution >= 0.6 is 23.4 Å². The predicted molar refractivity (Wildman–Crippen MR) is 106 cm³/mol. The Morgan fingerprint density at radius 2 is 2.04 bits per heavy atom. The molecule has 0 N–H and O–H groups in total. The molecule has 7 heteroatoms. The summed E-state index contributed by atoms with van der Waals surface area (Å²) in [4.78, 5) is 21.5. The van der Waals surface area contributed by atoms with E-state index in [2.05, 4.69) is 16.5 Å². The second-order valence-corrected chi connectivity index (χ2v) is 7.36. The van der Waals surface area contributed by atoms with Crippen LogP contribution in [-0.2, 0) is 12.3 Å². The maximum absolute atomic E-state index is 12.2. The highest BCUT2D eigenvalue weighted by Crippen LogP contribution is 2.28. The van der Waals surface area contributed by atoms with Crippen LogP contribution < -0.4 is 5.56 Å². The largest absolute Gasteiger partial charge is 0.319 e. The van der Waals surface area contributed by atoms with Gasteiger partial charge < -0.3 is 4.57 Å². The number of rotatable bonds is 5. The standard InChI is InChI=1S/C19H17ClN4OS/c1-2-8-23-16-7-6-13(20)10-15(16)22-19(23)26-12-14-11-18(25)24-9-4-3-5-17(24)21-14/h3-7,9-11H,2,8,12H2,1H3. The Hall–Kier alpha value is -2.31. The SMILES string of the molecule is CCCn1c(SCc2cc(=O)n3ccccc3n2)nc2cc(Cl)ccc21. The van der Waals surface area contributed by atoms with E-state index in [1.54, 1.807) is 28.4 Å². The normalized spacial score (nSPS) is 11.5. The zero-order valence-corrected chi connectivity index (χ0v) is 15.8. The Kier molecular flexibility index (Phi) is 4.70. The van der Waals surface area contributed by atoms with Crippen LogP contribution in [0.25, 0.3) is 16.7 Å². The highest BCUT2D eigenvalue weighted by atomic mass is 35.5. The first kappa shape index (κ1) is 17.1. The fraction of sp³-hybridized carbons (Fsp3) is 0.211. The monoisotopic (exact) mass is 384 g/mol. The Morgan fingerprint density at radius 1 is 1.15 bits per heavy atom. The van der Waals surface area contributed by atoms with E-state index in [0.29, 0.717) is 16.4 Å². The number of fused-ring (bicyclic) bond motifs is 2. The molecule has 0 amide bonds. The lowest BCUT2D eigenvalue weighted by molar-refractivity contribution is 0.638. The molecule has 0 aliphatic heterocycles. The van der Waals surface area contributed by atoms with Gasteiger partial charge in [-0.05, 0) is 36.8 Å². The number of hydrogen-bond donors (Lipinski definition) is 0. The average molecular weight is 385 g/mol. The van der Waals surface area contributed by atoms with E-state index < -0.39 is 0 Å². The minimum absolute atomic E-state index is 0.0694. The van der Waals surface area contributed by atoms with Gasteiger partial charge in [-0.1, -0.05) is 36.4 Å². The first-order chi connectivity index (χ1) is 12.7. The van der Waals surface area contributed by atoms with Crippen molar-refractivity contribution in [1.82, 2.24) is 18.9 Å². The van der Waals surface area contributed by atoms with Gasteiger partial charge in [0.2, 0.25) is 0 Å². The molecule has 3 aromatic heterocycles. The smallest absolute Gasteiger partial charge is 0.258 e. The molecule has 0 aliphatic carbocycles. The van der Waals surface area contributed by atoms with Gasteiger partial charge in [0, 0.05) is 29.6 Å². The lowest BCUT2D eigenvalue weighted by Crippen LogP contribution is -2.14. The third-order valence-electron chi connectivity index (χ3n) is 4.10. The molecular formula is C19H17ClN4OS. The number of aromatic nitrogens is 4. The van der Waals surface area contributed by atoms with Crippen LogP contribution in [0.5, 0.6) is 0 Å². The van der Waals surface area contributed by atoms with Crippen molar-refractivity contribution in [2.45, 2.75) is 30.8 Å². The molecule has 0 fully saturated rings. The molecule has 0 bridgehead atoms. The van der Waals surface area contributed by atoms with Gasteiger partial charge in [-0.3, -0.25) is 9.20 Å². The Labute approximate surface area is 159 Å². The minimum Gasteiger partial charge on any atom is -0.319 e. The van der Waals surface area contributed by atoms with Crippen LogP contribution in [0.3, 0.4) is 0 Å². The second-order valence-electron chi connectivity index (χ2n) is 5.98. The van der Waals surface area contributed by atoms with E-state index in [-0.39, 0.29) is 5.56 Å². The molecule has 1 aromatic carbocycles. The van der Waals surface area contributed by atoms with Crippen molar-refractivity contribution in [3.05, 3.63) is 69.7 Å². The highest BCUT2D eigenvalue weighted by molar-refractivity contribution is 7.98. The number of pyridine rings is 1. The van der Waals surface area contributed by atoms with E-state index in [1.807, 2.05) is 36.4 Å². The summed E-state index contributed by atoms with van der Waals surface area (Å²) in [6, 6.07) is 12.9. The molecule has 5 nitrogen and oxygen atoms in total. The summed E-state index contributed by atoms with van der Waals surface area (Å²) in [5.41, 5.74) is 3.30. The first-order valence-corrected chi connectivity index (χ1v) is 9.78. The zero-order chi connectivity index (χ0) is 18.1. The van der Waals surface area contributed by atoms with Crippen molar-refractivity contribution in [2.24, 2.45) is 0 Å². The Balaban J connectivity index is 1.67. The van der Waals surface area contributed by atoms with Crippen LogP contribution in [0.1, 0.15) is 19.0 Å². The van der Waals surface area contributed by atoms with Gasteiger partial charge in [-0.25, -0.2) is 9.97 Å². The van der Waals surface area contributed by atoms with Crippen molar-refractivity contribution in [3.63, 3.8) is 0 Å². The number of hydrogen-bond acceptors (Lipinski definition) is 4. The molecule has 0 radical (unpaired) electrons. The van der Waals surface area contributed by atoms with E-state index in [4.69, 9.17) is 16.6 Å². The molecule has 0 saturated heterocycles. The topological polar surface area (TPSA) is 52.2 Å². The molecule has 26 heavy (non-hydrogen) atoms. The van der Waals surface area contributed by atoms with Gasteiger partial charge in [-0.15, -0.1) is 0 Å². The third-order valence-corrected chi connectivity index (χ3v) is 5.34. The molecule has 0 unspecified atom stereocenters. The molecule has 4 aromatic rings. The van der Waals surface area contributed by atoms with Gasteiger partial charge >= 0.3 is 0 Å². The summed E-state index contributed by atoms with van der Waals surface area (Å²) >= 11 is 7.69. The average Bonchev–Trinajstić information content (AvgIpc) is 2.97. The fourth-order valence-electron chi connectivity index (χ4n) is 2.95. The fourth-order valence-corrected chi connectivity index (χ4v) is 4.05. The Morgan fingerprint density at radius 3 is 2.88 bits per heavy atom. The summed E-state index contributed by atoms with van der Waals surface area (Å²) < 4.78 is 3.74. The van der Waals surface area contributed by atoms with Crippen molar-refractivity contribution >= 4 is 40.0 Å². The number of thioether (sulfide) groups is 1. The van der Waals surface area contributed by atoms with Gasteiger partial charge in [0.05, 0.1) is 16.7 Å². The van der Waals surface area contributed by atoms with Crippen molar-refractivity contribution < 1.29 is 0 Å². The van der Waals surface area contributed by atoms with E-state index in [0.717, 1.165) is 34.8 Å². The molecule has 4 rings (SSSR count). The Bertz CT molecular complexity index is 1150. The third kappa shape index (κ3) is 3.22. The number of halogens is 1. The van der Waals surface area contributed by atoms with Crippen molar-refractivity contribution in [3.8, 4) is 0 Å². The number of benzene rings is 1. The van der Waals surface area contributed by atoms with E-state index in [9.17, 15) is 4.79 Å². The molecule has 0 saturated carbocycles. The number of aryl methyl sites for hydroxylation is 1. The summed E-state index contributed by atoms with van der Waals surface area (Å²) in [6.45, 7) is 3.02. The lowest BCUT2D eigenvalue weighted by atomic mass is 10.3. The summed E-state index contributed by atoms with van der Waals surface area (Å²) in [5, 5.41) is 1.60. The first-order valence-electron chi connectivity index (χ1n) is 8.41. The molecule has 0 atom stereocenters. The summed E-state index contributed by atoms with van der Waals surface area (Å²) in [7, 11) is 0. The maximum atomic E-state index is 12.2. The number of nitrogens with zero attached hydrogens (tertiary/aromatic N) is 4. The lowest BCUT2D eigenvalue weighted by Gasteiger charge is -2.07. The molecular weight excluding hydrogens is 368 g/mol. The quantitative estimate of drug-likeness (QED) is 0.478. The molecule has 132 valence electrons. The minimum atomic E-state index is -0.0694. The molecule has 3 heterocycles. The summed E-state index contributed by atoms with van der Waals surface area (Å²) in [5.74, 6) is 0.585. The van der Waals surface area contributed by atoms with Gasteiger partial charge in [0.15, 0.2) is 5.16 Å². The predicted octanol–water partition coefficient (Wildman–Crippen LogP) is 4.40. The second kappa shape index (κ2) is 7.13. The van der Waals surface area contributed by atoms with E-state index in [1.165, 1.54) is 0 Å². The van der Waals surface area contributed by atoms with Gasteiger partial charge in [-0.2, -0.15) is 0 Å². The van der Waals surface area contributed by atoms with Crippen LogP contribution in [0, 0.1) is 0 Å².